The number of benzene rings is 2. The number of esters is 1. The molecule has 2 rings (SSSR count). The van der Waals surface area contributed by atoms with Crippen LogP contribution in [0.15, 0.2) is 48.5 Å². The smallest absolute Gasteiger partial charge is 0.319 e. The SMILES string of the molecule is CC.COC(=O)C(CC(=O)c1ccc(-c2ccccc2)c(C)c1)SC. The van der Waals surface area contributed by atoms with Crippen LogP contribution >= 0.6 is 11.8 Å². The quantitative estimate of drug-likeness (QED) is 0.528. The van der Waals surface area contributed by atoms with Crippen molar-refractivity contribution < 1.29 is 14.3 Å². The standard InChI is InChI=1S/C19H20O3S.C2H6/c1-13-11-15(17(20)12-18(23-3)19(21)22-2)9-10-16(13)14-7-5-4-6-8-14;1-2/h4-11,18H,12H2,1-3H3;1-2H3. The highest BCUT2D eigenvalue weighted by molar-refractivity contribution is 7.99. The summed E-state index contributed by atoms with van der Waals surface area (Å²) in [6, 6.07) is 15.7. The molecule has 0 saturated carbocycles. The van der Waals surface area contributed by atoms with E-state index in [0.717, 1.165) is 16.7 Å². The maximum atomic E-state index is 12.4. The molecule has 0 bridgehead atoms. The van der Waals surface area contributed by atoms with E-state index in [1.807, 2.05) is 69.3 Å². The van der Waals surface area contributed by atoms with Gasteiger partial charge in [0.05, 0.1) is 7.11 Å². The third-order valence-corrected chi connectivity index (χ3v) is 4.68. The molecule has 0 aromatic heterocycles. The molecule has 1 atom stereocenters. The van der Waals surface area contributed by atoms with Crippen LogP contribution in [0.1, 0.15) is 36.2 Å². The van der Waals surface area contributed by atoms with Crippen LogP contribution in [0.5, 0.6) is 0 Å². The number of hydrogen-bond donors (Lipinski definition) is 0. The zero-order valence-corrected chi connectivity index (χ0v) is 16.4. The summed E-state index contributed by atoms with van der Waals surface area (Å²) in [7, 11) is 1.34. The summed E-state index contributed by atoms with van der Waals surface area (Å²) in [4.78, 5) is 24.0. The molecule has 0 saturated heterocycles. The van der Waals surface area contributed by atoms with Crippen molar-refractivity contribution in [1.82, 2.24) is 0 Å². The number of rotatable bonds is 6. The molecule has 0 spiro atoms. The van der Waals surface area contributed by atoms with Crippen molar-refractivity contribution >= 4 is 23.5 Å². The normalized spacial score (nSPS) is 11.1. The molecule has 0 aliphatic rings. The lowest BCUT2D eigenvalue weighted by atomic mass is 9.96. The number of carbonyl (C=O) groups is 2. The van der Waals surface area contributed by atoms with Crippen LogP contribution in [-0.4, -0.2) is 30.4 Å². The largest absolute Gasteiger partial charge is 0.468 e. The number of ketones is 1. The van der Waals surface area contributed by atoms with Crippen molar-refractivity contribution in [3.8, 4) is 11.1 Å². The van der Waals surface area contributed by atoms with E-state index in [4.69, 9.17) is 4.74 Å². The number of ether oxygens (including phenoxy) is 1. The molecule has 0 amide bonds. The van der Waals surface area contributed by atoms with E-state index in [0.29, 0.717) is 5.56 Å². The predicted octanol–water partition coefficient (Wildman–Crippen LogP) is 5.17. The molecular formula is C21H26O3S. The lowest BCUT2D eigenvalue weighted by molar-refractivity contribution is -0.139. The Morgan fingerprint density at radius 2 is 1.72 bits per heavy atom. The van der Waals surface area contributed by atoms with Crippen molar-refractivity contribution in [2.75, 3.05) is 13.4 Å². The average molecular weight is 359 g/mol. The van der Waals surface area contributed by atoms with E-state index in [2.05, 4.69) is 0 Å². The lowest BCUT2D eigenvalue weighted by Gasteiger charge is -2.12. The van der Waals surface area contributed by atoms with Gasteiger partial charge in [-0.15, -0.1) is 11.8 Å². The van der Waals surface area contributed by atoms with Crippen LogP contribution in [0.2, 0.25) is 0 Å². The monoisotopic (exact) mass is 358 g/mol. The second kappa shape index (κ2) is 10.7. The maximum absolute atomic E-state index is 12.4. The molecule has 1 unspecified atom stereocenters. The molecule has 4 heteroatoms. The van der Waals surface area contributed by atoms with Crippen molar-refractivity contribution in [1.29, 1.82) is 0 Å². The van der Waals surface area contributed by atoms with E-state index < -0.39 is 5.25 Å². The van der Waals surface area contributed by atoms with Gasteiger partial charge in [0.2, 0.25) is 0 Å². The molecule has 0 heterocycles. The van der Waals surface area contributed by atoms with Crippen LogP contribution < -0.4 is 0 Å². The fourth-order valence-corrected chi connectivity index (χ4v) is 3.07. The van der Waals surface area contributed by atoms with Gasteiger partial charge in [-0.05, 0) is 35.9 Å². The molecule has 0 fully saturated rings. The van der Waals surface area contributed by atoms with Gasteiger partial charge in [0, 0.05) is 12.0 Å². The average Bonchev–Trinajstić information content (AvgIpc) is 2.67. The molecule has 0 aliphatic carbocycles. The zero-order valence-electron chi connectivity index (χ0n) is 15.5. The molecule has 3 nitrogen and oxygen atoms in total. The Hall–Kier alpha value is -2.07. The Morgan fingerprint density at radius 1 is 1.08 bits per heavy atom. The fraction of sp³-hybridized carbons (Fsp3) is 0.333. The Labute approximate surface area is 154 Å². The van der Waals surface area contributed by atoms with Crippen molar-refractivity contribution in [3.63, 3.8) is 0 Å². The first-order valence-corrected chi connectivity index (χ1v) is 9.65. The highest BCUT2D eigenvalue weighted by atomic mass is 32.2. The Balaban J connectivity index is 0.00000151. The first-order valence-electron chi connectivity index (χ1n) is 8.36. The molecule has 0 N–H and O–H groups in total. The summed E-state index contributed by atoms with van der Waals surface area (Å²) in [6.45, 7) is 5.99. The van der Waals surface area contributed by atoms with Crippen LogP contribution in [0.4, 0.5) is 0 Å². The van der Waals surface area contributed by atoms with Crippen LogP contribution in [0.25, 0.3) is 11.1 Å². The van der Waals surface area contributed by atoms with Gasteiger partial charge in [0.1, 0.15) is 5.25 Å². The second-order valence-corrected chi connectivity index (χ2v) is 6.31. The maximum Gasteiger partial charge on any atom is 0.319 e. The summed E-state index contributed by atoms with van der Waals surface area (Å²) in [5, 5.41) is -0.457. The number of carbonyl (C=O) groups excluding carboxylic acids is 2. The zero-order chi connectivity index (χ0) is 18.8. The number of hydrogen-bond acceptors (Lipinski definition) is 4. The number of Topliss-reactive ketones (excluding diaryl/α,β-unsaturated/α-hetero) is 1. The number of methoxy groups -OCH3 is 1. The first kappa shape index (κ1) is 21.0. The highest BCUT2D eigenvalue weighted by Gasteiger charge is 2.22. The van der Waals surface area contributed by atoms with Crippen LogP contribution in [0.3, 0.4) is 0 Å². The Morgan fingerprint density at radius 3 is 2.24 bits per heavy atom. The van der Waals surface area contributed by atoms with Gasteiger partial charge in [-0.1, -0.05) is 56.3 Å². The van der Waals surface area contributed by atoms with Crippen LogP contribution in [0, 0.1) is 6.92 Å². The second-order valence-electron chi connectivity index (χ2n) is 5.27. The van der Waals surface area contributed by atoms with Gasteiger partial charge in [-0.3, -0.25) is 9.59 Å². The molecule has 0 aliphatic heterocycles. The van der Waals surface area contributed by atoms with Crippen molar-refractivity contribution in [2.24, 2.45) is 0 Å². The van der Waals surface area contributed by atoms with Gasteiger partial charge in [0.25, 0.3) is 0 Å². The lowest BCUT2D eigenvalue weighted by Crippen LogP contribution is -2.22. The van der Waals surface area contributed by atoms with Gasteiger partial charge in [0.15, 0.2) is 5.78 Å². The van der Waals surface area contributed by atoms with Crippen molar-refractivity contribution in [2.45, 2.75) is 32.4 Å². The number of aryl methyl sites for hydroxylation is 1. The van der Waals surface area contributed by atoms with Crippen molar-refractivity contribution in [3.05, 3.63) is 59.7 Å². The summed E-state index contributed by atoms with van der Waals surface area (Å²) in [6.07, 6.45) is 1.95. The van der Waals surface area contributed by atoms with Gasteiger partial charge >= 0.3 is 5.97 Å². The molecule has 2 aromatic carbocycles. The summed E-state index contributed by atoms with van der Waals surface area (Å²) in [5.74, 6) is -0.402. The third-order valence-electron chi connectivity index (χ3n) is 3.75. The summed E-state index contributed by atoms with van der Waals surface area (Å²) in [5.41, 5.74) is 3.91. The minimum absolute atomic E-state index is 0.0440. The van der Waals surface area contributed by atoms with E-state index in [-0.39, 0.29) is 18.2 Å². The van der Waals surface area contributed by atoms with E-state index in [1.54, 1.807) is 6.26 Å². The molecular weight excluding hydrogens is 332 g/mol. The van der Waals surface area contributed by atoms with Gasteiger partial charge in [-0.2, -0.15) is 0 Å². The van der Waals surface area contributed by atoms with E-state index in [9.17, 15) is 9.59 Å². The van der Waals surface area contributed by atoms with Crippen LogP contribution in [-0.2, 0) is 9.53 Å². The van der Waals surface area contributed by atoms with Gasteiger partial charge in [-0.25, -0.2) is 0 Å². The molecule has 2 aromatic rings. The molecule has 134 valence electrons. The number of thioether (sulfide) groups is 1. The highest BCUT2D eigenvalue weighted by Crippen LogP contribution is 2.25. The minimum atomic E-state index is -0.457. The topological polar surface area (TPSA) is 43.4 Å². The Kier molecular flexibility index (Phi) is 9.00. The molecule has 25 heavy (non-hydrogen) atoms. The third kappa shape index (κ3) is 5.75. The molecule has 0 radical (unpaired) electrons. The fourth-order valence-electron chi connectivity index (χ4n) is 2.46. The summed E-state index contributed by atoms with van der Waals surface area (Å²) < 4.78 is 4.73. The van der Waals surface area contributed by atoms with Gasteiger partial charge < -0.3 is 4.74 Å². The van der Waals surface area contributed by atoms with E-state index in [1.165, 1.54) is 18.9 Å². The Bertz CT molecular complexity index is 696. The first-order chi connectivity index (χ1) is 12.1. The van der Waals surface area contributed by atoms with E-state index >= 15 is 0 Å². The summed E-state index contributed by atoms with van der Waals surface area (Å²) >= 11 is 1.33. The minimum Gasteiger partial charge on any atom is -0.468 e. The predicted molar refractivity (Wildman–Crippen MR) is 106 cm³/mol.